The molecule has 0 spiro atoms. The molecule has 1 aromatic rings. The minimum absolute atomic E-state index is 0.278. The van der Waals surface area contributed by atoms with Crippen molar-refractivity contribution in [3.8, 4) is 0 Å². The smallest absolute Gasteiger partial charge is 0.338 e. The van der Waals surface area contributed by atoms with E-state index in [1.807, 2.05) is 12.1 Å². The highest BCUT2D eigenvalue weighted by atomic mass is 16.5. The summed E-state index contributed by atoms with van der Waals surface area (Å²) in [6.45, 7) is 11.7. The van der Waals surface area contributed by atoms with Gasteiger partial charge in [-0.2, -0.15) is 0 Å². The molecule has 1 aromatic carbocycles. The molecule has 1 aliphatic heterocycles. The van der Waals surface area contributed by atoms with E-state index in [1.165, 1.54) is 0 Å². The van der Waals surface area contributed by atoms with E-state index in [2.05, 4.69) is 18.1 Å². The molecule has 1 aliphatic rings. The average Bonchev–Trinajstić information content (AvgIpc) is 2.70. The average molecular weight is 243 g/mol. The zero-order chi connectivity index (χ0) is 13.1. The quantitative estimate of drug-likeness (QED) is 0.764. The van der Waals surface area contributed by atoms with Gasteiger partial charge in [0.15, 0.2) is 0 Å². The zero-order valence-electron chi connectivity index (χ0n) is 10.6. The Labute approximate surface area is 107 Å². The van der Waals surface area contributed by atoms with Crippen LogP contribution in [0, 0.1) is 0 Å². The molecule has 3 nitrogen and oxygen atoms in total. The Kier molecular flexibility index (Phi) is 3.51. The molecule has 0 aromatic heterocycles. The van der Waals surface area contributed by atoms with Crippen LogP contribution in [0.5, 0.6) is 0 Å². The summed E-state index contributed by atoms with van der Waals surface area (Å²) < 4.78 is 4.95. The van der Waals surface area contributed by atoms with Crippen LogP contribution in [0.2, 0.25) is 0 Å². The fraction of sp³-hybridized carbons (Fsp3) is 0.267. The topological polar surface area (TPSA) is 29.5 Å². The highest BCUT2D eigenvalue weighted by Gasteiger charge is 2.19. The number of carbonyl (C=O) groups is 1. The van der Waals surface area contributed by atoms with E-state index in [0.29, 0.717) is 12.2 Å². The van der Waals surface area contributed by atoms with Crippen LogP contribution < -0.4 is 4.90 Å². The largest absolute Gasteiger partial charge is 0.462 e. The van der Waals surface area contributed by atoms with Crippen LogP contribution in [0.1, 0.15) is 17.3 Å². The number of benzene rings is 1. The number of ether oxygens (including phenoxy) is 1. The van der Waals surface area contributed by atoms with Gasteiger partial charge in [0.1, 0.15) is 0 Å². The lowest BCUT2D eigenvalue weighted by Crippen LogP contribution is -2.18. The molecule has 2 rings (SSSR count). The summed E-state index contributed by atoms with van der Waals surface area (Å²) in [7, 11) is 0. The number of esters is 1. The molecule has 1 fully saturated rings. The van der Waals surface area contributed by atoms with Crippen molar-refractivity contribution in [2.24, 2.45) is 0 Å². The van der Waals surface area contributed by atoms with Crippen molar-refractivity contribution >= 4 is 11.7 Å². The normalized spacial score (nSPS) is 15.1. The van der Waals surface area contributed by atoms with E-state index >= 15 is 0 Å². The Morgan fingerprint density at radius 1 is 1.22 bits per heavy atom. The third kappa shape index (κ3) is 2.45. The van der Waals surface area contributed by atoms with Gasteiger partial charge in [0.25, 0.3) is 0 Å². The second kappa shape index (κ2) is 5.08. The van der Waals surface area contributed by atoms with E-state index in [1.54, 1.807) is 19.1 Å². The highest BCUT2D eigenvalue weighted by molar-refractivity contribution is 5.89. The summed E-state index contributed by atoms with van der Waals surface area (Å²) in [5.41, 5.74) is 3.80. The molecule has 18 heavy (non-hydrogen) atoms. The molecule has 0 unspecified atom stereocenters. The SMILES string of the molecule is C=C1CN(c2ccc(C(=O)OCC)cc2)CC1=C. The molecule has 1 heterocycles. The summed E-state index contributed by atoms with van der Waals surface area (Å²) in [6.07, 6.45) is 0. The van der Waals surface area contributed by atoms with E-state index in [4.69, 9.17) is 4.74 Å². The van der Waals surface area contributed by atoms with Gasteiger partial charge in [0, 0.05) is 18.8 Å². The minimum Gasteiger partial charge on any atom is -0.462 e. The molecule has 0 amide bonds. The lowest BCUT2D eigenvalue weighted by Gasteiger charge is -2.17. The monoisotopic (exact) mass is 243 g/mol. The fourth-order valence-corrected chi connectivity index (χ4v) is 1.95. The molecule has 0 atom stereocenters. The van der Waals surface area contributed by atoms with Gasteiger partial charge in [0.2, 0.25) is 0 Å². The van der Waals surface area contributed by atoms with E-state index in [0.717, 1.165) is 29.9 Å². The van der Waals surface area contributed by atoms with Gasteiger partial charge in [-0.15, -0.1) is 0 Å². The van der Waals surface area contributed by atoms with Gasteiger partial charge in [0.05, 0.1) is 12.2 Å². The van der Waals surface area contributed by atoms with Gasteiger partial charge >= 0.3 is 5.97 Å². The van der Waals surface area contributed by atoms with Crippen LogP contribution >= 0.6 is 0 Å². The van der Waals surface area contributed by atoms with Crippen LogP contribution in [0.15, 0.2) is 48.6 Å². The first-order chi connectivity index (χ1) is 8.61. The zero-order valence-corrected chi connectivity index (χ0v) is 10.6. The molecule has 0 aliphatic carbocycles. The Bertz CT molecular complexity index is 472. The Balaban J connectivity index is 2.11. The predicted octanol–water partition coefficient (Wildman–Crippen LogP) is 2.80. The van der Waals surface area contributed by atoms with Crippen molar-refractivity contribution in [1.82, 2.24) is 0 Å². The Morgan fingerprint density at radius 3 is 2.28 bits per heavy atom. The summed E-state index contributed by atoms with van der Waals surface area (Å²) in [5.74, 6) is -0.278. The second-order valence-corrected chi connectivity index (χ2v) is 4.33. The van der Waals surface area contributed by atoms with Crippen LogP contribution in [-0.2, 0) is 4.74 Å². The molecular formula is C15H17NO2. The number of rotatable bonds is 3. The van der Waals surface area contributed by atoms with Crippen LogP contribution in [0.3, 0.4) is 0 Å². The molecule has 3 heteroatoms. The van der Waals surface area contributed by atoms with Gasteiger partial charge in [-0.1, -0.05) is 13.2 Å². The number of hydrogen-bond donors (Lipinski definition) is 0. The maximum Gasteiger partial charge on any atom is 0.338 e. The number of carbonyl (C=O) groups excluding carboxylic acids is 1. The molecular weight excluding hydrogens is 226 g/mol. The first-order valence-electron chi connectivity index (χ1n) is 6.00. The van der Waals surface area contributed by atoms with Crippen LogP contribution in [-0.4, -0.2) is 25.7 Å². The van der Waals surface area contributed by atoms with Crippen LogP contribution in [0.25, 0.3) is 0 Å². The van der Waals surface area contributed by atoms with Gasteiger partial charge in [-0.05, 0) is 42.3 Å². The van der Waals surface area contributed by atoms with E-state index < -0.39 is 0 Å². The van der Waals surface area contributed by atoms with Crippen molar-refractivity contribution in [2.75, 3.05) is 24.6 Å². The number of nitrogens with zero attached hydrogens (tertiary/aromatic N) is 1. The van der Waals surface area contributed by atoms with Gasteiger partial charge in [-0.25, -0.2) is 4.79 Å². The van der Waals surface area contributed by atoms with E-state index in [9.17, 15) is 4.79 Å². The maximum absolute atomic E-state index is 11.5. The standard InChI is InChI=1S/C15H17NO2/c1-4-18-15(17)13-5-7-14(8-6-13)16-9-11(2)12(3)10-16/h5-8H,2-4,9-10H2,1H3. The molecule has 0 saturated carbocycles. The Morgan fingerprint density at radius 2 is 1.78 bits per heavy atom. The number of anilines is 1. The molecule has 94 valence electrons. The summed E-state index contributed by atoms with van der Waals surface area (Å²) in [5, 5.41) is 0. The Hall–Kier alpha value is -2.03. The minimum atomic E-state index is -0.278. The lowest BCUT2D eigenvalue weighted by molar-refractivity contribution is 0.0526. The van der Waals surface area contributed by atoms with Crippen molar-refractivity contribution in [2.45, 2.75) is 6.92 Å². The molecule has 0 radical (unpaired) electrons. The van der Waals surface area contributed by atoms with Crippen molar-refractivity contribution in [3.05, 3.63) is 54.1 Å². The lowest BCUT2D eigenvalue weighted by atomic mass is 10.2. The van der Waals surface area contributed by atoms with Crippen molar-refractivity contribution in [1.29, 1.82) is 0 Å². The predicted molar refractivity (Wildman–Crippen MR) is 72.9 cm³/mol. The van der Waals surface area contributed by atoms with Gasteiger partial charge in [-0.3, -0.25) is 0 Å². The van der Waals surface area contributed by atoms with E-state index in [-0.39, 0.29) is 5.97 Å². The summed E-state index contributed by atoms with van der Waals surface area (Å²) in [4.78, 5) is 13.7. The maximum atomic E-state index is 11.5. The number of hydrogen-bond acceptors (Lipinski definition) is 3. The third-order valence-corrected chi connectivity index (χ3v) is 3.01. The van der Waals surface area contributed by atoms with Crippen molar-refractivity contribution in [3.63, 3.8) is 0 Å². The highest BCUT2D eigenvalue weighted by Crippen LogP contribution is 2.25. The van der Waals surface area contributed by atoms with Crippen molar-refractivity contribution < 1.29 is 9.53 Å². The third-order valence-electron chi connectivity index (χ3n) is 3.01. The first kappa shape index (κ1) is 12.4. The van der Waals surface area contributed by atoms with Gasteiger partial charge < -0.3 is 9.64 Å². The molecule has 0 N–H and O–H groups in total. The van der Waals surface area contributed by atoms with Crippen LogP contribution in [0.4, 0.5) is 5.69 Å². The second-order valence-electron chi connectivity index (χ2n) is 4.33. The fourth-order valence-electron chi connectivity index (χ4n) is 1.95. The summed E-state index contributed by atoms with van der Waals surface area (Å²) >= 11 is 0. The first-order valence-corrected chi connectivity index (χ1v) is 6.00. The summed E-state index contributed by atoms with van der Waals surface area (Å²) in [6, 6.07) is 7.44. The molecule has 0 bridgehead atoms. The molecule has 1 saturated heterocycles.